The third-order valence-electron chi connectivity index (χ3n) is 3.05. The van der Waals surface area contributed by atoms with Gasteiger partial charge in [-0.15, -0.1) is 0 Å². The van der Waals surface area contributed by atoms with E-state index in [1.54, 1.807) is 6.07 Å². The molecule has 0 radical (unpaired) electrons. The predicted molar refractivity (Wildman–Crippen MR) is 90.3 cm³/mol. The van der Waals surface area contributed by atoms with Crippen molar-refractivity contribution in [1.82, 2.24) is 5.32 Å². The normalized spacial score (nSPS) is 10.2. The second-order valence-electron chi connectivity index (χ2n) is 4.64. The highest BCUT2D eigenvalue weighted by Crippen LogP contribution is 2.26. The summed E-state index contributed by atoms with van der Waals surface area (Å²) in [5.41, 5.74) is 0.944. The molecule has 0 atom stereocenters. The second-order valence-corrected chi connectivity index (χ2v) is 5.46. The van der Waals surface area contributed by atoms with E-state index in [-0.39, 0.29) is 16.4 Å². The number of halogens is 2. The standard InChI is InChI=1S/C15H13Cl2N3O3/c16-12-4-2-1-3-10(12)7-8-18-15(21)19-14-9-11(20(22)23)5-6-13(14)17/h1-6,9H,7-8H2,(H2,18,19,21). The molecule has 6 nitrogen and oxygen atoms in total. The number of nitro groups is 1. The van der Waals surface area contributed by atoms with Gasteiger partial charge in [-0.3, -0.25) is 10.1 Å². The Morgan fingerprint density at radius 2 is 1.87 bits per heavy atom. The molecule has 0 aliphatic heterocycles. The maximum atomic E-state index is 11.8. The summed E-state index contributed by atoms with van der Waals surface area (Å²) in [4.78, 5) is 22.0. The first-order valence-corrected chi connectivity index (χ1v) is 7.45. The molecule has 0 saturated heterocycles. The first-order valence-electron chi connectivity index (χ1n) is 6.69. The van der Waals surface area contributed by atoms with Crippen molar-refractivity contribution in [3.63, 3.8) is 0 Å². The van der Waals surface area contributed by atoms with Gasteiger partial charge >= 0.3 is 6.03 Å². The van der Waals surface area contributed by atoms with Crippen molar-refractivity contribution in [2.45, 2.75) is 6.42 Å². The van der Waals surface area contributed by atoms with Crippen LogP contribution in [0.25, 0.3) is 0 Å². The molecule has 0 unspecified atom stereocenters. The highest BCUT2D eigenvalue weighted by Gasteiger charge is 2.12. The van der Waals surface area contributed by atoms with E-state index in [0.717, 1.165) is 5.56 Å². The van der Waals surface area contributed by atoms with Crippen LogP contribution >= 0.6 is 23.2 Å². The van der Waals surface area contributed by atoms with Crippen LogP contribution in [0, 0.1) is 10.1 Å². The number of nitro benzene ring substituents is 1. The number of urea groups is 1. The SMILES string of the molecule is O=C(NCCc1ccccc1Cl)Nc1cc([N+](=O)[O-])ccc1Cl. The van der Waals surface area contributed by atoms with Gasteiger partial charge in [-0.1, -0.05) is 41.4 Å². The summed E-state index contributed by atoms with van der Waals surface area (Å²) in [5, 5.41) is 16.7. The van der Waals surface area contributed by atoms with E-state index < -0.39 is 11.0 Å². The van der Waals surface area contributed by atoms with Gasteiger partial charge in [0.15, 0.2) is 0 Å². The fourth-order valence-electron chi connectivity index (χ4n) is 1.90. The summed E-state index contributed by atoms with van der Waals surface area (Å²) in [6, 6.07) is 10.7. The number of nitrogens with one attached hydrogen (secondary N) is 2. The predicted octanol–water partition coefficient (Wildman–Crippen LogP) is 4.27. The maximum absolute atomic E-state index is 11.8. The summed E-state index contributed by atoms with van der Waals surface area (Å²) in [7, 11) is 0. The molecule has 0 heterocycles. The number of rotatable bonds is 5. The van der Waals surface area contributed by atoms with Crippen molar-refractivity contribution in [2.75, 3.05) is 11.9 Å². The zero-order valence-electron chi connectivity index (χ0n) is 11.9. The Balaban J connectivity index is 1.91. The van der Waals surface area contributed by atoms with Crippen LogP contribution in [0.15, 0.2) is 42.5 Å². The summed E-state index contributed by atoms with van der Waals surface area (Å²) in [6.07, 6.45) is 0.565. The van der Waals surface area contributed by atoms with Gasteiger partial charge in [0.2, 0.25) is 0 Å². The first-order chi connectivity index (χ1) is 11.0. The lowest BCUT2D eigenvalue weighted by Crippen LogP contribution is -2.30. The smallest absolute Gasteiger partial charge is 0.319 e. The van der Waals surface area contributed by atoms with E-state index in [1.807, 2.05) is 18.2 Å². The third-order valence-corrected chi connectivity index (χ3v) is 3.75. The number of anilines is 1. The van der Waals surface area contributed by atoms with Gasteiger partial charge in [0, 0.05) is 23.7 Å². The molecular formula is C15H13Cl2N3O3. The van der Waals surface area contributed by atoms with Gasteiger partial charge < -0.3 is 10.6 Å². The first kappa shape index (κ1) is 17.1. The summed E-state index contributed by atoms with van der Waals surface area (Å²) in [5.74, 6) is 0. The molecule has 0 spiro atoms. The minimum atomic E-state index is -0.559. The van der Waals surface area contributed by atoms with Crippen molar-refractivity contribution in [3.05, 3.63) is 68.2 Å². The van der Waals surface area contributed by atoms with E-state index >= 15 is 0 Å². The van der Waals surface area contributed by atoms with E-state index in [1.165, 1.54) is 18.2 Å². The van der Waals surface area contributed by atoms with Crippen molar-refractivity contribution in [2.24, 2.45) is 0 Å². The maximum Gasteiger partial charge on any atom is 0.319 e. The van der Waals surface area contributed by atoms with E-state index in [9.17, 15) is 14.9 Å². The topological polar surface area (TPSA) is 84.3 Å². The average Bonchev–Trinajstić information content (AvgIpc) is 2.51. The number of amides is 2. The van der Waals surface area contributed by atoms with Crippen molar-refractivity contribution >= 4 is 40.6 Å². The number of non-ortho nitro benzene ring substituents is 1. The van der Waals surface area contributed by atoms with Gasteiger partial charge in [-0.05, 0) is 24.1 Å². The largest absolute Gasteiger partial charge is 0.338 e. The molecule has 120 valence electrons. The molecule has 2 N–H and O–H groups in total. The van der Waals surface area contributed by atoms with Crippen LogP contribution < -0.4 is 10.6 Å². The molecule has 0 bridgehead atoms. The van der Waals surface area contributed by atoms with Crippen LogP contribution in [0.3, 0.4) is 0 Å². The molecule has 0 fully saturated rings. The fourth-order valence-corrected chi connectivity index (χ4v) is 2.30. The molecule has 0 aromatic heterocycles. The minimum absolute atomic E-state index is 0.152. The molecule has 8 heteroatoms. The van der Waals surface area contributed by atoms with Crippen LogP contribution in [-0.2, 0) is 6.42 Å². The number of hydrogen-bond acceptors (Lipinski definition) is 3. The monoisotopic (exact) mass is 353 g/mol. The zero-order chi connectivity index (χ0) is 16.8. The lowest BCUT2D eigenvalue weighted by molar-refractivity contribution is -0.384. The molecule has 2 rings (SSSR count). The fraction of sp³-hybridized carbons (Fsp3) is 0.133. The molecule has 2 amide bonds. The van der Waals surface area contributed by atoms with Gasteiger partial charge in [-0.2, -0.15) is 0 Å². The molecule has 0 aliphatic rings. The Morgan fingerprint density at radius 3 is 2.57 bits per heavy atom. The quantitative estimate of drug-likeness (QED) is 0.621. The summed E-state index contributed by atoms with van der Waals surface area (Å²) < 4.78 is 0. The Labute approximate surface area is 142 Å². The molecule has 0 saturated carbocycles. The Morgan fingerprint density at radius 1 is 1.13 bits per heavy atom. The molecule has 2 aromatic carbocycles. The van der Waals surface area contributed by atoms with E-state index in [2.05, 4.69) is 10.6 Å². The Bertz CT molecular complexity index is 738. The summed E-state index contributed by atoms with van der Waals surface area (Å²) in [6.45, 7) is 0.363. The minimum Gasteiger partial charge on any atom is -0.338 e. The van der Waals surface area contributed by atoms with Gasteiger partial charge in [0.05, 0.1) is 15.6 Å². The highest BCUT2D eigenvalue weighted by molar-refractivity contribution is 6.33. The van der Waals surface area contributed by atoms with Gasteiger partial charge in [0.1, 0.15) is 0 Å². The van der Waals surface area contributed by atoms with E-state index in [0.29, 0.717) is 18.0 Å². The Kier molecular flexibility index (Phi) is 5.78. The van der Waals surface area contributed by atoms with Gasteiger partial charge in [-0.25, -0.2) is 4.79 Å². The van der Waals surface area contributed by atoms with Crippen molar-refractivity contribution in [3.8, 4) is 0 Å². The third kappa shape index (κ3) is 4.84. The number of nitrogens with zero attached hydrogens (tertiary/aromatic N) is 1. The number of carbonyl (C=O) groups is 1. The van der Waals surface area contributed by atoms with Crippen LogP contribution in [0.2, 0.25) is 10.0 Å². The molecule has 23 heavy (non-hydrogen) atoms. The lowest BCUT2D eigenvalue weighted by Gasteiger charge is -2.09. The number of carbonyl (C=O) groups excluding carboxylic acids is 1. The van der Waals surface area contributed by atoms with Crippen LogP contribution in [0.4, 0.5) is 16.2 Å². The van der Waals surface area contributed by atoms with Crippen LogP contribution in [-0.4, -0.2) is 17.5 Å². The van der Waals surface area contributed by atoms with Crippen LogP contribution in [0.5, 0.6) is 0 Å². The van der Waals surface area contributed by atoms with Crippen molar-refractivity contribution in [1.29, 1.82) is 0 Å². The molecule has 0 aliphatic carbocycles. The average molecular weight is 354 g/mol. The van der Waals surface area contributed by atoms with E-state index in [4.69, 9.17) is 23.2 Å². The second kappa shape index (κ2) is 7.80. The molecular weight excluding hydrogens is 341 g/mol. The van der Waals surface area contributed by atoms with Crippen molar-refractivity contribution < 1.29 is 9.72 Å². The summed E-state index contributed by atoms with van der Waals surface area (Å²) >= 11 is 11.9. The Hall–Kier alpha value is -2.31. The molecule has 2 aromatic rings. The van der Waals surface area contributed by atoms with Crippen LogP contribution in [0.1, 0.15) is 5.56 Å². The highest BCUT2D eigenvalue weighted by atomic mass is 35.5. The lowest BCUT2D eigenvalue weighted by atomic mass is 10.1. The number of hydrogen-bond donors (Lipinski definition) is 2. The number of benzene rings is 2. The zero-order valence-corrected chi connectivity index (χ0v) is 13.4. The van der Waals surface area contributed by atoms with Gasteiger partial charge in [0.25, 0.3) is 5.69 Å².